The summed E-state index contributed by atoms with van der Waals surface area (Å²) in [6, 6.07) is 16.8. The molecule has 0 radical (unpaired) electrons. The van der Waals surface area contributed by atoms with Crippen LogP contribution in [0.1, 0.15) is 25.8 Å². The second-order valence-corrected chi connectivity index (χ2v) is 11.2. The van der Waals surface area contributed by atoms with Gasteiger partial charge in [-0.05, 0) is 61.4 Å². The molecule has 202 valence electrons. The van der Waals surface area contributed by atoms with Gasteiger partial charge in [0.05, 0.1) is 15.6 Å². The lowest BCUT2D eigenvalue weighted by molar-refractivity contribution is -0.139. The number of hydrogen-bond acceptors (Lipinski definition) is 4. The number of sulfonamides is 1. The van der Waals surface area contributed by atoms with E-state index < -0.39 is 34.3 Å². The maximum Gasteiger partial charge on any atom is 0.264 e. The quantitative estimate of drug-likeness (QED) is 0.335. The van der Waals surface area contributed by atoms with Crippen molar-refractivity contribution in [1.82, 2.24) is 10.2 Å². The summed E-state index contributed by atoms with van der Waals surface area (Å²) in [5.74, 6) is -1.75. The lowest BCUT2D eigenvalue weighted by Crippen LogP contribution is -2.51. The molecule has 0 aliphatic carbocycles. The molecule has 0 aromatic heterocycles. The highest BCUT2D eigenvalue weighted by Gasteiger charge is 2.32. The number of anilines is 1. The van der Waals surface area contributed by atoms with Gasteiger partial charge in [0.25, 0.3) is 10.0 Å². The van der Waals surface area contributed by atoms with E-state index in [4.69, 9.17) is 23.2 Å². The summed E-state index contributed by atoms with van der Waals surface area (Å²) < 4.78 is 42.1. The van der Waals surface area contributed by atoms with Crippen molar-refractivity contribution in [3.63, 3.8) is 0 Å². The molecule has 3 rings (SSSR count). The van der Waals surface area contributed by atoms with Crippen LogP contribution in [0.5, 0.6) is 0 Å². The minimum atomic E-state index is -4.26. The van der Waals surface area contributed by atoms with Crippen LogP contribution in [0.4, 0.5) is 10.1 Å². The van der Waals surface area contributed by atoms with Crippen LogP contribution in [0.2, 0.25) is 10.0 Å². The minimum absolute atomic E-state index is 0.00290. The molecule has 2 amide bonds. The molecule has 38 heavy (non-hydrogen) atoms. The van der Waals surface area contributed by atoms with E-state index in [0.717, 1.165) is 16.4 Å². The van der Waals surface area contributed by atoms with Crippen LogP contribution in [-0.4, -0.2) is 44.3 Å². The number of benzene rings is 3. The molecular weight excluding hydrogens is 552 g/mol. The molecular formula is C27H28Cl2FN3O4S. The van der Waals surface area contributed by atoms with E-state index in [1.807, 2.05) is 6.92 Å². The molecule has 0 saturated heterocycles. The fourth-order valence-electron chi connectivity index (χ4n) is 3.65. The Hall–Kier alpha value is -3.14. The number of halogens is 3. The molecule has 0 spiro atoms. The molecule has 3 aromatic rings. The van der Waals surface area contributed by atoms with Gasteiger partial charge in [-0.3, -0.25) is 13.9 Å². The van der Waals surface area contributed by atoms with Gasteiger partial charge < -0.3 is 10.2 Å². The normalized spacial score (nSPS) is 12.0. The van der Waals surface area contributed by atoms with Gasteiger partial charge >= 0.3 is 0 Å². The highest BCUT2D eigenvalue weighted by molar-refractivity contribution is 7.92. The summed E-state index contributed by atoms with van der Waals surface area (Å²) in [6.45, 7) is 3.28. The maximum atomic E-state index is 13.9. The zero-order chi connectivity index (χ0) is 27.9. The van der Waals surface area contributed by atoms with Crippen molar-refractivity contribution in [1.29, 1.82) is 0 Å². The molecule has 0 fully saturated rings. The summed E-state index contributed by atoms with van der Waals surface area (Å²) >= 11 is 12.0. The number of nitrogens with one attached hydrogen (secondary N) is 1. The molecule has 1 N–H and O–H groups in total. The average molecular weight is 581 g/mol. The number of amides is 2. The predicted molar refractivity (Wildman–Crippen MR) is 147 cm³/mol. The summed E-state index contributed by atoms with van der Waals surface area (Å²) in [6.07, 6.45) is 0.706. The minimum Gasteiger partial charge on any atom is -0.354 e. The third-order valence-corrected chi connectivity index (χ3v) is 8.11. The third-order valence-electron chi connectivity index (χ3n) is 5.78. The van der Waals surface area contributed by atoms with Gasteiger partial charge in [-0.25, -0.2) is 12.8 Å². The van der Waals surface area contributed by atoms with E-state index in [2.05, 4.69) is 5.32 Å². The predicted octanol–water partition coefficient (Wildman–Crippen LogP) is 5.27. The molecule has 7 nitrogen and oxygen atoms in total. The van der Waals surface area contributed by atoms with Crippen molar-refractivity contribution in [2.75, 3.05) is 17.4 Å². The number of hydrogen-bond donors (Lipinski definition) is 1. The second-order valence-electron chi connectivity index (χ2n) is 8.54. The van der Waals surface area contributed by atoms with Gasteiger partial charge in [0.2, 0.25) is 11.8 Å². The molecule has 1 atom stereocenters. The topological polar surface area (TPSA) is 86.8 Å². The molecule has 11 heteroatoms. The average Bonchev–Trinajstić information content (AvgIpc) is 2.91. The number of carbonyl (C=O) groups is 2. The van der Waals surface area contributed by atoms with Gasteiger partial charge in [-0.15, -0.1) is 0 Å². The Morgan fingerprint density at radius 2 is 1.66 bits per heavy atom. The first-order valence-electron chi connectivity index (χ1n) is 11.9. The Morgan fingerprint density at radius 1 is 1.00 bits per heavy atom. The molecule has 0 aliphatic heterocycles. The van der Waals surface area contributed by atoms with Crippen LogP contribution in [0, 0.1) is 5.82 Å². The van der Waals surface area contributed by atoms with Crippen LogP contribution in [0.15, 0.2) is 77.7 Å². The van der Waals surface area contributed by atoms with Gasteiger partial charge in [0, 0.05) is 18.1 Å². The molecule has 0 bridgehead atoms. The Balaban J connectivity index is 2.02. The van der Waals surface area contributed by atoms with Crippen LogP contribution in [-0.2, 0) is 26.2 Å². The van der Waals surface area contributed by atoms with Crippen LogP contribution in [0.3, 0.4) is 0 Å². The smallest absolute Gasteiger partial charge is 0.264 e. The Morgan fingerprint density at radius 3 is 2.26 bits per heavy atom. The molecule has 0 heterocycles. The Bertz CT molecular complexity index is 1370. The fourth-order valence-corrected chi connectivity index (χ4v) is 5.38. The summed E-state index contributed by atoms with van der Waals surface area (Å²) in [7, 11) is -4.26. The van der Waals surface area contributed by atoms with Gasteiger partial charge in [-0.1, -0.05) is 60.5 Å². The maximum absolute atomic E-state index is 13.9. The van der Waals surface area contributed by atoms with Gasteiger partial charge in [0.1, 0.15) is 18.4 Å². The van der Waals surface area contributed by atoms with Crippen LogP contribution in [0.25, 0.3) is 0 Å². The van der Waals surface area contributed by atoms with Crippen molar-refractivity contribution in [3.8, 4) is 0 Å². The lowest BCUT2D eigenvalue weighted by Gasteiger charge is -2.32. The summed E-state index contributed by atoms with van der Waals surface area (Å²) in [5.41, 5.74) is 0.698. The van der Waals surface area contributed by atoms with Crippen LogP contribution >= 0.6 is 23.2 Å². The van der Waals surface area contributed by atoms with Crippen molar-refractivity contribution in [3.05, 3.63) is 94.2 Å². The zero-order valence-corrected chi connectivity index (χ0v) is 23.2. The summed E-state index contributed by atoms with van der Waals surface area (Å²) in [5, 5.41) is 2.98. The first-order valence-corrected chi connectivity index (χ1v) is 14.1. The number of carbonyl (C=O) groups excluding carboxylic acids is 2. The molecule has 1 unspecified atom stereocenters. The molecule has 0 saturated carbocycles. The Labute approximate surface area is 232 Å². The third kappa shape index (κ3) is 7.24. The van der Waals surface area contributed by atoms with E-state index in [0.29, 0.717) is 23.6 Å². The van der Waals surface area contributed by atoms with E-state index in [-0.39, 0.29) is 28.1 Å². The number of rotatable bonds is 11. The van der Waals surface area contributed by atoms with Crippen molar-refractivity contribution in [2.24, 2.45) is 0 Å². The summed E-state index contributed by atoms with van der Waals surface area (Å²) in [4.78, 5) is 27.8. The lowest BCUT2D eigenvalue weighted by atomic mass is 10.1. The molecule has 0 aliphatic rings. The van der Waals surface area contributed by atoms with E-state index in [9.17, 15) is 22.4 Å². The van der Waals surface area contributed by atoms with Crippen molar-refractivity contribution >= 4 is 50.7 Å². The van der Waals surface area contributed by atoms with E-state index in [1.54, 1.807) is 49.4 Å². The largest absolute Gasteiger partial charge is 0.354 e. The van der Waals surface area contributed by atoms with Gasteiger partial charge in [0.15, 0.2) is 0 Å². The van der Waals surface area contributed by atoms with Gasteiger partial charge in [-0.2, -0.15) is 0 Å². The Kier molecular flexibility index (Phi) is 10.1. The second kappa shape index (κ2) is 13.1. The zero-order valence-electron chi connectivity index (χ0n) is 20.9. The van der Waals surface area contributed by atoms with E-state index >= 15 is 0 Å². The van der Waals surface area contributed by atoms with Crippen molar-refractivity contribution in [2.45, 2.75) is 37.8 Å². The first-order chi connectivity index (χ1) is 18.0. The van der Waals surface area contributed by atoms with E-state index in [1.165, 1.54) is 23.1 Å². The fraction of sp³-hybridized carbons (Fsp3) is 0.259. The van der Waals surface area contributed by atoms with Crippen LogP contribution < -0.4 is 9.62 Å². The first kappa shape index (κ1) is 29.4. The number of nitrogens with zero attached hydrogens (tertiary/aromatic N) is 2. The highest BCUT2D eigenvalue weighted by Crippen LogP contribution is 2.28. The SMILES string of the molecule is CCCNC(=O)C(C)N(Cc1ccc(Cl)cc1)C(=O)CN(c1ccc(F)c(Cl)c1)S(=O)(=O)c1ccccc1. The standard InChI is InChI=1S/C27H28Cl2FN3O4S/c1-3-15-31-27(35)19(2)32(17-20-9-11-21(28)12-10-20)26(34)18-33(22-13-14-25(30)24(29)16-22)38(36,37)23-7-5-4-6-8-23/h4-14,16,19H,3,15,17-18H2,1-2H3,(H,31,35). The molecule has 3 aromatic carbocycles. The van der Waals surface area contributed by atoms with Crippen molar-refractivity contribution < 1.29 is 22.4 Å². The monoisotopic (exact) mass is 579 g/mol. The highest BCUT2D eigenvalue weighted by atomic mass is 35.5.